The van der Waals surface area contributed by atoms with Crippen LogP contribution in [-0.4, -0.2) is 57.9 Å². The van der Waals surface area contributed by atoms with E-state index in [-0.39, 0.29) is 11.9 Å². The first-order valence-corrected chi connectivity index (χ1v) is 10.7. The Morgan fingerprint density at radius 1 is 1.16 bits per heavy atom. The smallest absolute Gasteiger partial charge is 0.244 e. The summed E-state index contributed by atoms with van der Waals surface area (Å²) in [5.74, 6) is 1.19. The highest BCUT2D eigenvalue weighted by molar-refractivity contribution is 6.31. The lowest BCUT2D eigenvalue weighted by molar-refractivity contribution is -0.116. The molecule has 6 nitrogen and oxygen atoms in total. The van der Waals surface area contributed by atoms with Gasteiger partial charge in [0.2, 0.25) is 5.91 Å². The summed E-state index contributed by atoms with van der Waals surface area (Å²) >= 11 is 6.16. The van der Waals surface area contributed by atoms with Crippen LogP contribution in [0.1, 0.15) is 22.7 Å². The van der Waals surface area contributed by atoms with Crippen molar-refractivity contribution in [1.82, 2.24) is 10.2 Å². The number of halogens is 1. The molecule has 1 aliphatic heterocycles. The molecular formula is C24H29ClN2O4. The van der Waals surface area contributed by atoms with E-state index in [2.05, 4.69) is 10.2 Å². The second-order valence-electron chi connectivity index (χ2n) is 7.37. The predicted octanol–water partition coefficient (Wildman–Crippen LogP) is 3.87. The molecule has 166 valence electrons. The number of morpholine rings is 1. The minimum absolute atomic E-state index is 0.00474. The van der Waals surface area contributed by atoms with E-state index in [1.54, 1.807) is 20.3 Å². The fraction of sp³-hybridized carbons (Fsp3) is 0.375. The molecule has 3 rings (SSSR count). The molecule has 0 radical (unpaired) electrons. The topological polar surface area (TPSA) is 60.0 Å². The fourth-order valence-corrected chi connectivity index (χ4v) is 3.74. The van der Waals surface area contributed by atoms with Gasteiger partial charge in [-0.05, 0) is 47.9 Å². The van der Waals surface area contributed by atoms with Crippen molar-refractivity contribution in [3.05, 3.63) is 64.2 Å². The fourth-order valence-electron chi connectivity index (χ4n) is 3.55. The van der Waals surface area contributed by atoms with E-state index >= 15 is 0 Å². The summed E-state index contributed by atoms with van der Waals surface area (Å²) in [6.07, 6.45) is 3.30. The third-order valence-corrected chi connectivity index (χ3v) is 5.78. The molecule has 1 saturated heterocycles. The Labute approximate surface area is 188 Å². The number of amides is 1. The average Bonchev–Trinajstić information content (AvgIpc) is 2.80. The number of nitrogens with zero attached hydrogens (tertiary/aromatic N) is 1. The first kappa shape index (κ1) is 23.1. The Kier molecular flexibility index (Phi) is 8.35. The summed E-state index contributed by atoms with van der Waals surface area (Å²) in [6, 6.07) is 11.6. The maximum atomic E-state index is 12.5. The highest BCUT2D eigenvalue weighted by atomic mass is 35.5. The van der Waals surface area contributed by atoms with Gasteiger partial charge in [0.15, 0.2) is 11.5 Å². The molecule has 0 bridgehead atoms. The molecule has 1 fully saturated rings. The van der Waals surface area contributed by atoms with E-state index in [4.69, 9.17) is 25.8 Å². The third-order valence-electron chi connectivity index (χ3n) is 5.37. The maximum absolute atomic E-state index is 12.5. The Morgan fingerprint density at radius 3 is 2.58 bits per heavy atom. The Bertz CT molecular complexity index is 926. The van der Waals surface area contributed by atoms with E-state index in [1.807, 2.05) is 43.3 Å². The van der Waals surface area contributed by atoms with Gasteiger partial charge in [-0.25, -0.2) is 0 Å². The van der Waals surface area contributed by atoms with Crippen molar-refractivity contribution in [3.8, 4) is 11.5 Å². The summed E-state index contributed by atoms with van der Waals surface area (Å²) in [5, 5.41) is 3.71. The van der Waals surface area contributed by atoms with Gasteiger partial charge in [0.25, 0.3) is 0 Å². The third kappa shape index (κ3) is 6.23. The van der Waals surface area contributed by atoms with Crippen molar-refractivity contribution < 1.29 is 19.0 Å². The number of hydrogen-bond acceptors (Lipinski definition) is 5. The number of carbonyl (C=O) groups is 1. The monoisotopic (exact) mass is 444 g/mol. The Balaban J connectivity index is 1.72. The molecule has 31 heavy (non-hydrogen) atoms. The lowest BCUT2D eigenvalue weighted by Gasteiger charge is -2.35. The standard InChI is InChI=1S/C24H29ClN2O4/c1-17-4-5-18(14-20(17)25)6-9-24(28)26-16-21(27-10-12-31-13-11-27)19-7-8-22(29-2)23(15-19)30-3/h4-9,14-15,21H,10-13,16H2,1-3H3,(H,26,28)/b9-6+. The second-order valence-corrected chi connectivity index (χ2v) is 7.77. The van der Waals surface area contributed by atoms with Crippen molar-refractivity contribution in [2.24, 2.45) is 0 Å². The van der Waals surface area contributed by atoms with Crippen LogP contribution < -0.4 is 14.8 Å². The summed E-state index contributed by atoms with van der Waals surface area (Å²) in [4.78, 5) is 14.8. The van der Waals surface area contributed by atoms with Crippen molar-refractivity contribution in [1.29, 1.82) is 0 Å². The number of hydrogen-bond donors (Lipinski definition) is 1. The zero-order valence-corrected chi connectivity index (χ0v) is 18.9. The predicted molar refractivity (Wildman–Crippen MR) is 123 cm³/mol. The SMILES string of the molecule is COc1ccc(C(CNC(=O)/C=C/c2ccc(C)c(Cl)c2)N2CCOCC2)cc1OC. The molecule has 1 heterocycles. The first-order chi connectivity index (χ1) is 15.0. The van der Waals surface area contributed by atoms with Gasteiger partial charge in [-0.3, -0.25) is 9.69 Å². The zero-order valence-electron chi connectivity index (χ0n) is 18.2. The van der Waals surface area contributed by atoms with Crippen LogP contribution in [0, 0.1) is 6.92 Å². The first-order valence-electron chi connectivity index (χ1n) is 10.3. The molecule has 7 heteroatoms. The maximum Gasteiger partial charge on any atom is 0.244 e. The minimum Gasteiger partial charge on any atom is -0.493 e. The Hall–Kier alpha value is -2.54. The molecule has 1 amide bonds. The van der Waals surface area contributed by atoms with Gasteiger partial charge in [0.1, 0.15) is 0 Å². The van der Waals surface area contributed by atoms with Gasteiger partial charge < -0.3 is 19.5 Å². The number of ether oxygens (including phenoxy) is 3. The summed E-state index contributed by atoms with van der Waals surface area (Å²) in [7, 11) is 3.24. The molecule has 2 aromatic rings. The van der Waals surface area contributed by atoms with Crippen molar-refractivity contribution in [2.75, 3.05) is 47.1 Å². The summed E-state index contributed by atoms with van der Waals surface area (Å²) in [6.45, 7) is 5.35. The van der Waals surface area contributed by atoms with Crippen molar-refractivity contribution >= 4 is 23.6 Å². The van der Waals surface area contributed by atoms with Crippen LogP contribution in [0.5, 0.6) is 11.5 Å². The summed E-state index contributed by atoms with van der Waals surface area (Å²) in [5.41, 5.74) is 2.94. The number of methoxy groups -OCH3 is 2. The van der Waals surface area contributed by atoms with Crippen LogP contribution in [0.15, 0.2) is 42.5 Å². The molecule has 0 spiro atoms. The van der Waals surface area contributed by atoms with Gasteiger partial charge in [0, 0.05) is 30.7 Å². The highest BCUT2D eigenvalue weighted by Gasteiger charge is 2.24. The van der Waals surface area contributed by atoms with Crippen molar-refractivity contribution in [3.63, 3.8) is 0 Å². The molecule has 1 unspecified atom stereocenters. The van der Waals surface area contributed by atoms with Gasteiger partial charge in [-0.2, -0.15) is 0 Å². The van der Waals surface area contributed by atoms with Crippen molar-refractivity contribution in [2.45, 2.75) is 13.0 Å². The van der Waals surface area contributed by atoms with Crippen LogP contribution >= 0.6 is 11.6 Å². The zero-order chi connectivity index (χ0) is 22.2. The molecule has 0 aromatic heterocycles. The molecule has 1 aliphatic rings. The van der Waals surface area contributed by atoms with Gasteiger partial charge in [0.05, 0.1) is 33.5 Å². The van der Waals surface area contributed by atoms with Crippen LogP contribution in [0.4, 0.5) is 0 Å². The van der Waals surface area contributed by atoms with Gasteiger partial charge >= 0.3 is 0 Å². The minimum atomic E-state index is -0.157. The van der Waals surface area contributed by atoms with E-state index in [9.17, 15) is 4.79 Å². The number of rotatable bonds is 8. The normalized spacial score (nSPS) is 15.6. The number of aryl methyl sites for hydroxylation is 1. The molecular weight excluding hydrogens is 416 g/mol. The molecule has 0 saturated carbocycles. The molecule has 1 N–H and O–H groups in total. The lowest BCUT2D eigenvalue weighted by Crippen LogP contribution is -2.43. The second kappa shape index (κ2) is 11.2. The quantitative estimate of drug-likeness (QED) is 0.626. The van der Waals surface area contributed by atoms with Gasteiger partial charge in [-0.1, -0.05) is 29.8 Å². The van der Waals surface area contributed by atoms with Crippen LogP contribution in [-0.2, 0) is 9.53 Å². The Morgan fingerprint density at radius 2 is 1.90 bits per heavy atom. The number of nitrogens with one attached hydrogen (secondary N) is 1. The summed E-state index contributed by atoms with van der Waals surface area (Å²) < 4.78 is 16.3. The van der Waals surface area contributed by atoms with Crippen LogP contribution in [0.3, 0.4) is 0 Å². The molecule has 1 atom stereocenters. The average molecular weight is 445 g/mol. The van der Waals surface area contributed by atoms with E-state index in [0.717, 1.165) is 29.8 Å². The number of carbonyl (C=O) groups excluding carboxylic acids is 1. The highest BCUT2D eigenvalue weighted by Crippen LogP contribution is 2.32. The lowest BCUT2D eigenvalue weighted by atomic mass is 10.0. The molecule has 2 aromatic carbocycles. The van der Waals surface area contributed by atoms with Gasteiger partial charge in [-0.15, -0.1) is 0 Å². The largest absolute Gasteiger partial charge is 0.493 e. The van der Waals surface area contributed by atoms with Crippen LogP contribution in [0.2, 0.25) is 5.02 Å². The van der Waals surface area contributed by atoms with E-state index in [0.29, 0.717) is 36.3 Å². The van der Waals surface area contributed by atoms with Crippen LogP contribution in [0.25, 0.3) is 6.08 Å². The number of benzene rings is 2. The van der Waals surface area contributed by atoms with E-state index < -0.39 is 0 Å². The molecule has 0 aliphatic carbocycles. The van der Waals surface area contributed by atoms with E-state index in [1.165, 1.54) is 6.08 Å².